The van der Waals surface area contributed by atoms with E-state index in [2.05, 4.69) is 5.32 Å². The minimum absolute atomic E-state index is 0.171. The lowest BCUT2D eigenvalue weighted by Crippen LogP contribution is -2.23. The molecular weight excluding hydrogens is 214 g/mol. The van der Waals surface area contributed by atoms with Gasteiger partial charge in [0, 0.05) is 18.2 Å². The molecule has 1 unspecified atom stereocenters. The molecule has 0 aliphatic rings. The summed E-state index contributed by atoms with van der Waals surface area (Å²) < 4.78 is 0. The van der Waals surface area contributed by atoms with Crippen LogP contribution in [0.15, 0.2) is 24.3 Å². The van der Waals surface area contributed by atoms with E-state index < -0.39 is 6.10 Å². The van der Waals surface area contributed by atoms with Crippen LogP contribution in [-0.4, -0.2) is 29.9 Å². The zero-order valence-electron chi connectivity index (χ0n) is 8.49. The third kappa shape index (κ3) is 4.62. The summed E-state index contributed by atoms with van der Waals surface area (Å²) >= 11 is 5.74. The molecule has 1 atom stereocenters. The lowest BCUT2D eigenvalue weighted by Gasteiger charge is -2.11. The summed E-state index contributed by atoms with van der Waals surface area (Å²) in [6, 6.07) is 7.13. The maximum Gasteiger partial charge on any atom is 0.0914 e. The van der Waals surface area contributed by atoms with E-state index in [1.165, 1.54) is 0 Å². The molecule has 0 bridgehead atoms. The number of benzene rings is 1. The first-order valence-corrected chi connectivity index (χ1v) is 5.37. The minimum atomic E-state index is -0.527. The van der Waals surface area contributed by atoms with E-state index in [4.69, 9.17) is 16.7 Å². The fourth-order valence-corrected chi connectivity index (χ4v) is 1.37. The maximum absolute atomic E-state index is 9.74. The zero-order valence-corrected chi connectivity index (χ0v) is 9.24. The predicted molar refractivity (Wildman–Crippen MR) is 61.0 cm³/mol. The van der Waals surface area contributed by atoms with Crippen LogP contribution in [0, 0.1) is 0 Å². The largest absolute Gasteiger partial charge is 0.396 e. The maximum atomic E-state index is 9.74. The molecule has 0 aromatic heterocycles. The Morgan fingerprint density at radius 1 is 1.27 bits per heavy atom. The molecule has 0 fully saturated rings. The highest BCUT2D eigenvalue weighted by Crippen LogP contribution is 2.15. The van der Waals surface area contributed by atoms with Crippen LogP contribution in [0.4, 0.5) is 0 Å². The molecule has 0 spiro atoms. The van der Waals surface area contributed by atoms with Crippen LogP contribution in [-0.2, 0) is 0 Å². The van der Waals surface area contributed by atoms with Gasteiger partial charge in [0.15, 0.2) is 0 Å². The van der Waals surface area contributed by atoms with Crippen LogP contribution in [0.1, 0.15) is 18.1 Å². The summed E-state index contributed by atoms with van der Waals surface area (Å²) in [4.78, 5) is 0. The predicted octanol–water partition coefficient (Wildman–Crippen LogP) is 1.35. The monoisotopic (exact) mass is 229 g/mol. The Labute approximate surface area is 94.7 Å². The van der Waals surface area contributed by atoms with Gasteiger partial charge in [-0.2, -0.15) is 0 Å². The molecule has 0 saturated heterocycles. The Morgan fingerprint density at radius 2 is 1.93 bits per heavy atom. The van der Waals surface area contributed by atoms with Crippen molar-refractivity contribution in [2.24, 2.45) is 0 Å². The normalized spacial score (nSPS) is 12.7. The van der Waals surface area contributed by atoms with Crippen LogP contribution in [0.25, 0.3) is 0 Å². The number of nitrogens with one attached hydrogen (secondary N) is 1. The first-order valence-electron chi connectivity index (χ1n) is 4.99. The second-order valence-electron chi connectivity index (χ2n) is 3.35. The topological polar surface area (TPSA) is 52.5 Å². The number of halogens is 1. The number of hydrogen-bond donors (Lipinski definition) is 3. The second-order valence-corrected chi connectivity index (χ2v) is 3.79. The third-order valence-electron chi connectivity index (χ3n) is 2.10. The quantitative estimate of drug-likeness (QED) is 0.646. The minimum Gasteiger partial charge on any atom is -0.396 e. The average Bonchev–Trinajstić information content (AvgIpc) is 2.25. The fraction of sp³-hybridized carbons (Fsp3) is 0.455. The molecule has 1 rings (SSSR count). The average molecular weight is 230 g/mol. The lowest BCUT2D eigenvalue weighted by atomic mass is 10.1. The molecule has 3 nitrogen and oxygen atoms in total. The van der Waals surface area contributed by atoms with Crippen LogP contribution >= 0.6 is 11.6 Å². The van der Waals surface area contributed by atoms with Crippen LogP contribution in [0.5, 0.6) is 0 Å². The molecule has 84 valence electrons. The van der Waals surface area contributed by atoms with E-state index in [0.29, 0.717) is 24.5 Å². The van der Waals surface area contributed by atoms with Gasteiger partial charge in [0.1, 0.15) is 0 Å². The Balaban J connectivity index is 2.33. The van der Waals surface area contributed by atoms with Crippen LogP contribution in [0.2, 0.25) is 5.02 Å². The first kappa shape index (κ1) is 12.5. The number of hydrogen-bond acceptors (Lipinski definition) is 3. The van der Waals surface area contributed by atoms with Crippen molar-refractivity contribution in [3.05, 3.63) is 34.9 Å². The van der Waals surface area contributed by atoms with Crippen molar-refractivity contribution in [3.8, 4) is 0 Å². The molecule has 15 heavy (non-hydrogen) atoms. The van der Waals surface area contributed by atoms with E-state index >= 15 is 0 Å². The van der Waals surface area contributed by atoms with Gasteiger partial charge in [-0.25, -0.2) is 0 Å². The highest BCUT2D eigenvalue weighted by atomic mass is 35.5. The summed E-state index contributed by atoms with van der Waals surface area (Å²) in [6.45, 7) is 1.37. The number of aliphatic hydroxyl groups excluding tert-OH is 2. The van der Waals surface area contributed by atoms with Gasteiger partial charge in [-0.15, -0.1) is 0 Å². The van der Waals surface area contributed by atoms with Crippen LogP contribution < -0.4 is 5.32 Å². The fourth-order valence-electron chi connectivity index (χ4n) is 1.25. The van der Waals surface area contributed by atoms with Gasteiger partial charge < -0.3 is 15.5 Å². The van der Waals surface area contributed by atoms with Crippen molar-refractivity contribution >= 4 is 11.6 Å². The van der Waals surface area contributed by atoms with E-state index in [-0.39, 0.29) is 6.61 Å². The smallest absolute Gasteiger partial charge is 0.0914 e. The molecule has 0 heterocycles. The summed E-state index contributed by atoms with van der Waals surface area (Å²) in [5, 5.41) is 22.0. The Bertz CT molecular complexity index is 276. The Hall–Kier alpha value is -0.610. The van der Waals surface area contributed by atoms with Crippen molar-refractivity contribution in [1.82, 2.24) is 5.32 Å². The van der Waals surface area contributed by atoms with E-state index in [1.54, 1.807) is 24.3 Å². The third-order valence-corrected chi connectivity index (χ3v) is 2.36. The zero-order chi connectivity index (χ0) is 11.1. The molecule has 1 aromatic carbocycles. The van der Waals surface area contributed by atoms with Gasteiger partial charge in [0.05, 0.1) is 6.10 Å². The molecule has 0 saturated carbocycles. The van der Waals surface area contributed by atoms with Gasteiger partial charge in [-0.1, -0.05) is 23.7 Å². The van der Waals surface area contributed by atoms with Gasteiger partial charge in [-0.3, -0.25) is 0 Å². The van der Waals surface area contributed by atoms with Gasteiger partial charge in [0.2, 0.25) is 0 Å². The number of aliphatic hydroxyl groups is 2. The van der Waals surface area contributed by atoms with E-state index in [1.807, 2.05) is 0 Å². The van der Waals surface area contributed by atoms with Crippen molar-refractivity contribution in [1.29, 1.82) is 0 Å². The molecule has 0 amide bonds. The van der Waals surface area contributed by atoms with Gasteiger partial charge in [-0.05, 0) is 30.7 Å². The van der Waals surface area contributed by atoms with Crippen molar-refractivity contribution in [3.63, 3.8) is 0 Å². The van der Waals surface area contributed by atoms with Crippen LogP contribution in [0.3, 0.4) is 0 Å². The summed E-state index contributed by atoms with van der Waals surface area (Å²) in [6.07, 6.45) is 0.175. The molecule has 0 aliphatic carbocycles. The molecule has 0 radical (unpaired) electrons. The second kappa shape index (κ2) is 6.80. The van der Waals surface area contributed by atoms with Gasteiger partial charge in [0.25, 0.3) is 0 Å². The summed E-state index contributed by atoms with van der Waals surface area (Å²) in [5.41, 5.74) is 0.843. The SMILES string of the molecule is OCCCNCC(O)c1ccc(Cl)cc1. The summed E-state index contributed by atoms with van der Waals surface area (Å²) in [5.74, 6) is 0. The first-order chi connectivity index (χ1) is 7.24. The van der Waals surface area contributed by atoms with Gasteiger partial charge >= 0.3 is 0 Å². The standard InChI is InChI=1S/C11H16ClNO2/c12-10-4-2-9(3-5-10)11(15)8-13-6-1-7-14/h2-5,11,13-15H,1,6-8H2. The highest BCUT2D eigenvalue weighted by molar-refractivity contribution is 6.30. The summed E-state index contributed by atoms with van der Waals surface area (Å²) in [7, 11) is 0. The van der Waals surface area contributed by atoms with Crippen molar-refractivity contribution in [2.45, 2.75) is 12.5 Å². The molecule has 0 aliphatic heterocycles. The van der Waals surface area contributed by atoms with E-state index in [9.17, 15) is 5.11 Å². The van der Waals surface area contributed by atoms with E-state index in [0.717, 1.165) is 5.56 Å². The lowest BCUT2D eigenvalue weighted by molar-refractivity contribution is 0.173. The number of rotatable bonds is 6. The van der Waals surface area contributed by atoms with Crippen molar-refractivity contribution < 1.29 is 10.2 Å². The molecule has 1 aromatic rings. The highest BCUT2D eigenvalue weighted by Gasteiger charge is 2.05. The Morgan fingerprint density at radius 3 is 2.53 bits per heavy atom. The Kier molecular flexibility index (Phi) is 5.65. The molecule has 3 N–H and O–H groups in total. The van der Waals surface area contributed by atoms with Crippen molar-refractivity contribution in [2.75, 3.05) is 19.7 Å². The molecular formula is C11H16ClNO2. The molecule has 4 heteroatoms.